The lowest BCUT2D eigenvalue weighted by Crippen LogP contribution is -2.43. The zero-order valence-electron chi connectivity index (χ0n) is 15.9. The third kappa shape index (κ3) is 4.71. The lowest BCUT2D eigenvalue weighted by Gasteiger charge is -2.16. The largest absolute Gasteiger partial charge is 0.491 e. The molecule has 3 N–H and O–H groups in total. The van der Waals surface area contributed by atoms with Crippen LogP contribution in [0.3, 0.4) is 0 Å². The molecular formula is C22H24N2O4. The van der Waals surface area contributed by atoms with Crippen LogP contribution in [0.5, 0.6) is 5.75 Å². The van der Waals surface area contributed by atoms with Gasteiger partial charge in [0.15, 0.2) is 0 Å². The number of para-hydroxylation sites is 2. The molecule has 146 valence electrons. The summed E-state index contributed by atoms with van der Waals surface area (Å²) >= 11 is 0. The summed E-state index contributed by atoms with van der Waals surface area (Å²) in [6.45, 7) is 3.83. The summed E-state index contributed by atoms with van der Waals surface area (Å²) in [5.74, 6) is -0.784. The number of rotatable bonds is 8. The summed E-state index contributed by atoms with van der Waals surface area (Å²) in [6.07, 6.45) is 2.03. The third-order valence-corrected chi connectivity index (χ3v) is 4.42. The molecule has 0 aliphatic carbocycles. The van der Waals surface area contributed by atoms with Gasteiger partial charge < -0.3 is 20.1 Å². The molecule has 1 aromatic heterocycles. The second kappa shape index (κ2) is 8.61. The second-order valence-corrected chi connectivity index (χ2v) is 6.97. The van der Waals surface area contributed by atoms with E-state index in [1.165, 1.54) is 0 Å². The average molecular weight is 380 g/mol. The number of ether oxygens (including phenoxy) is 1. The van der Waals surface area contributed by atoms with E-state index in [0.717, 1.165) is 22.0 Å². The molecule has 0 saturated carbocycles. The van der Waals surface area contributed by atoms with E-state index in [0.29, 0.717) is 5.75 Å². The number of hydrogen-bond donors (Lipinski definition) is 3. The zero-order chi connectivity index (χ0) is 20.1. The smallest absolute Gasteiger partial charge is 0.326 e. The van der Waals surface area contributed by atoms with Gasteiger partial charge in [-0.05, 0) is 31.5 Å². The number of carbonyl (C=O) groups excluding carboxylic acids is 1. The number of carboxylic acid groups (broad SMARTS) is 1. The molecule has 2 aromatic carbocycles. The molecule has 0 bridgehead atoms. The lowest BCUT2D eigenvalue weighted by molar-refractivity contribution is -0.141. The Morgan fingerprint density at radius 2 is 1.79 bits per heavy atom. The summed E-state index contributed by atoms with van der Waals surface area (Å²) in [7, 11) is 0. The minimum Gasteiger partial charge on any atom is -0.491 e. The molecule has 0 radical (unpaired) electrons. The molecule has 0 aliphatic rings. The maximum absolute atomic E-state index is 12.5. The first-order chi connectivity index (χ1) is 13.4. The summed E-state index contributed by atoms with van der Waals surface area (Å²) in [6, 6.07) is 14.0. The SMILES string of the molecule is CC(C)Oc1ccccc1CC(=O)NC(Cc1c[nH]c2ccccc12)C(=O)O. The lowest BCUT2D eigenvalue weighted by atomic mass is 10.0. The number of aromatic nitrogens is 1. The average Bonchev–Trinajstić information content (AvgIpc) is 3.05. The van der Waals surface area contributed by atoms with Crippen LogP contribution in [0.4, 0.5) is 0 Å². The molecule has 0 fully saturated rings. The summed E-state index contributed by atoms with van der Waals surface area (Å²) in [5.41, 5.74) is 2.52. The molecule has 28 heavy (non-hydrogen) atoms. The van der Waals surface area contributed by atoms with Crippen LogP contribution >= 0.6 is 0 Å². The normalized spacial score (nSPS) is 12.1. The first kappa shape index (κ1) is 19.5. The quantitative estimate of drug-likeness (QED) is 0.559. The number of carbonyl (C=O) groups is 2. The Kier molecular flexibility index (Phi) is 5.99. The van der Waals surface area contributed by atoms with Gasteiger partial charge in [-0.1, -0.05) is 36.4 Å². The van der Waals surface area contributed by atoms with Crippen LogP contribution in [0.1, 0.15) is 25.0 Å². The molecular weight excluding hydrogens is 356 g/mol. The number of nitrogens with one attached hydrogen (secondary N) is 2. The number of hydrogen-bond acceptors (Lipinski definition) is 3. The van der Waals surface area contributed by atoms with E-state index >= 15 is 0 Å². The van der Waals surface area contributed by atoms with Crippen molar-refractivity contribution in [2.75, 3.05) is 0 Å². The maximum Gasteiger partial charge on any atom is 0.326 e. The van der Waals surface area contributed by atoms with Gasteiger partial charge in [-0.25, -0.2) is 4.79 Å². The standard InChI is InChI=1S/C22H24N2O4/c1-14(2)28-20-10-6-3-7-15(20)12-21(25)24-19(22(26)27)11-16-13-23-18-9-5-4-8-17(16)18/h3-10,13-14,19,23H,11-12H2,1-2H3,(H,24,25)(H,26,27). The highest BCUT2D eigenvalue weighted by Crippen LogP contribution is 2.21. The molecule has 1 heterocycles. The van der Waals surface area contributed by atoms with Crippen LogP contribution in [-0.4, -0.2) is 34.1 Å². The van der Waals surface area contributed by atoms with Crippen molar-refractivity contribution in [1.29, 1.82) is 0 Å². The second-order valence-electron chi connectivity index (χ2n) is 6.97. The number of amides is 1. The molecule has 1 atom stereocenters. The van der Waals surface area contributed by atoms with Crippen LogP contribution in [-0.2, 0) is 22.4 Å². The summed E-state index contributed by atoms with van der Waals surface area (Å²) < 4.78 is 5.73. The van der Waals surface area contributed by atoms with Gasteiger partial charge in [0, 0.05) is 29.1 Å². The van der Waals surface area contributed by atoms with Crippen LogP contribution in [0.25, 0.3) is 10.9 Å². The summed E-state index contributed by atoms with van der Waals surface area (Å²) in [4.78, 5) is 27.4. The number of benzene rings is 2. The molecule has 1 amide bonds. The number of aliphatic carboxylic acids is 1. The highest BCUT2D eigenvalue weighted by atomic mass is 16.5. The number of carboxylic acids is 1. The van der Waals surface area contributed by atoms with Gasteiger partial charge in [0.2, 0.25) is 5.91 Å². The molecule has 0 spiro atoms. The fourth-order valence-corrected chi connectivity index (χ4v) is 3.16. The minimum atomic E-state index is -1.06. The fourth-order valence-electron chi connectivity index (χ4n) is 3.16. The summed E-state index contributed by atoms with van der Waals surface area (Å²) in [5, 5.41) is 13.2. The van der Waals surface area contributed by atoms with Gasteiger partial charge >= 0.3 is 5.97 Å². The number of fused-ring (bicyclic) bond motifs is 1. The van der Waals surface area contributed by atoms with Crippen LogP contribution in [0.15, 0.2) is 54.7 Å². The van der Waals surface area contributed by atoms with Gasteiger partial charge in [-0.3, -0.25) is 4.79 Å². The Hall–Kier alpha value is -3.28. The van der Waals surface area contributed by atoms with Crippen molar-refractivity contribution in [3.63, 3.8) is 0 Å². The zero-order valence-corrected chi connectivity index (χ0v) is 15.9. The molecule has 1 unspecified atom stereocenters. The predicted molar refractivity (Wildman–Crippen MR) is 107 cm³/mol. The molecule has 3 aromatic rings. The Labute approximate surface area is 163 Å². The fraction of sp³-hybridized carbons (Fsp3) is 0.273. The van der Waals surface area contributed by atoms with Crippen molar-refractivity contribution in [2.24, 2.45) is 0 Å². The molecule has 6 heteroatoms. The minimum absolute atomic E-state index is 0.0159. The number of H-pyrrole nitrogens is 1. The van der Waals surface area contributed by atoms with Crippen molar-refractivity contribution in [3.8, 4) is 5.75 Å². The van der Waals surface area contributed by atoms with E-state index in [4.69, 9.17) is 4.74 Å². The first-order valence-electron chi connectivity index (χ1n) is 9.25. The highest BCUT2D eigenvalue weighted by molar-refractivity contribution is 5.87. The Morgan fingerprint density at radius 3 is 2.54 bits per heavy atom. The van der Waals surface area contributed by atoms with E-state index in [-0.39, 0.29) is 24.9 Å². The van der Waals surface area contributed by atoms with Gasteiger partial charge in [-0.2, -0.15) is 0 Å². The van der Waals surface area contributed by atoms with Crippen molar-refractivity contribution in [1.82, 2.24) is 10.3 Å². The van der Waals surface area contributed by atoms with Crippen molar-refractivity contribution in [3.05, 3.63) is 65.9 Å². The Bertz CT molecular complexity index is 977. The van der Waals surface area contributed by atoms with Crippen LogP contribution in [0, 0.1) is 0 Å². The third-order valence-electron chi connectivity index (χ3n) is 4.42. The number of aromatic amines is 1. The predicted octanol–water partition coefficient (Wildman–Crippen LogP) is 3.31. The van der Waals surface area contributed by atoms with Crippen LogP contribution in [0.2, 0.25) is 0 Å². The molecule has 3 rings (SSSR count). The van der Waals surface area contributed by atoms with E-state index in [1.807, 2.05) is 62.4 Å². The topological polar surface area (TPSA) is 91.4 Å². The first-order valence-corrected chi connectivity index (χ1v) is 9.25. The van der Waals surface area contributed by atoms with Crippen molar-refractivity contribution in [2.45, 2.75) is 38.8 Å². The highest BCUT2D eigenvalue weighted by Gasteiger charge is 2.22. The van der Waals surface area contributed by atoms with E-state index in [9.17, 15) is 14.7 Å². The van der Waals surface area contributed by atoms with E-state index in [1.54, 1.807) is 6.20 Å². The van der Waals surface area contributed by atoms with Crippen LogP contribution < -0.4 is 10.1 Å². The van der Waals surface area contributed by atoms with Gasteiger partial charge in [0.25, 0.3) is 0 Å². The maximum atomic E-state index is 12.5. The van der Waals surface area contributed by atoms with Crippen molar-refractivity contribution >= 4 is 22.8 Å². The Morgan fingerprint density at radius 1 is 1.07 bits per heavy atom. The van der Waals surface area contributed by atoms with E-state index < -0.39 is 12.0 Å². The molecule has 0 saturated heterocycles. The van der Waals surface area contributed by atoms with Crippen molar-refractivity contribution < 1.29 is 19.4 Å². The van der Waals surface area contributed by atoms with Gasteiger partial charge in [-0.15, -0.1) is 0 Å². The monoisotopic (exact) mass is 380 g/mol. The van der Waals surface area contributed by atoms with Gasteiger partial charge in [0.05, 0.1) is 12.5 Å². The van der Waals surface area contributed by atoms with E-state index in [2.05, 4.69) is 10.3 Å². The molecule has 0 aliphatic heterocycles. The Balaban J connectivity index is 1.71. The molecule has 6 nitrogen and oxygen atoms in total. The van der Waals surface area contributed by atoms with Gasteiger partial charge in [0.1, 0.15) is 11.8 Å².